The topological polar surface area (TPSA) is 85.4 Å². The smallest absolute Gasteiger partial charge is 0.245 e. The molecule has 45 heavy (non-hydrogen) atoms. The van der Waals surface area contributed by atoms with E-state index in [0.29, 0.717) is 38.2 Å². The first-order valence-corrected chi connectivity index (χ1v) is 15.3. The average molecular weight is 622 g/mol. The van der Waals surface area contributed by atoms with Gasteiger partial charge in [0, 0.05) is 39.2 Å². The highest BCUT2D eigenvalue weighted by atomic mass is 19.1. The molecule has 2 saturated heterocycles. The number of halogens is 1. The van der Waals surface area contributed by atoms with Crippen molar-refractivity contribution in [2.45, 2.75) is 52.6 Å². The van der Waals surface area contributed by atoms with Gasteiger partial charge in [0.1, 0.15) is 18.0 Å². The monoisotopic (exact) mass is 621 g/mol. The van der Waals surface area contributed by atoms with E-state index < -0.39 is 12.2 Å². The molecule has 2 aliphatic rings. The zero-order valence-electron chi connectivity index (χ0n) is 27.4. The Kier molecular flexibility index (Phi) is 16.5. The third-order valence-electron chi connectivity index (χ3n) is 7.13. The molecule has 244 valence electrons. The molecule has 2 heterocycles. The van der Waals surface area contributed by atoms with Crippen LogP contribution in [0.1, 0.15) is 37.5 Å². The Bertz CT molecular complexity index is 1300. The fraction of sp³-hybridized carbons (Fsp3) is 0.400. The summed E-state index contributed by atoms with van der Waals surface area (Å²) in [4.78, 5) is 39.7. The van der Waals surface area contributed by atoms with Crippen molar-refractivity contribution >= 4 is 18.2 Å². The summed E-state index contributed by atoms with van der Waals surface area (Å²) in [6.45, 7) is 8.25. The Morgan fingerprint density at radius 1 is 0.911 bits per heavy atom. The van der Waals surface area contributed by atoms with E-state index in [0.717, 1.165) is 12.1 Å². The zero-order chi connectivity index (χ0) is 33.2. The van der Waals surface area contributed by atoms with Gasteiger partial charge in [-0.3, -0.25) is 19.4 Å². The molecule has 3 aromatic carbocycles. The van der Waals surface area contributed by atoms with Crippen LogP contribution in [0.2, 0.25) is 0 Å². The van der Waals surface area contributed by atoms with Gasteiger partial charge in [-0.05, 0) is 31.2 Å². The molecule has 2 fully saturated rings. The maximum absolute atomic E-state index is 12.8. The summed E-state index contributed by atoms with van der Waals surface area (Å²) in [5.74, 6) is -0.409. The van der Waals surface area contributed by atoms with Gasteiger partial charge in [-0.2, -0.15) is 0 Å². The second-order valence-electron chi connectivity index (χ2n) is 10.3. The second kappa shape index (κ2) is 20.0. The second-order valence-corrected chi connectivity index (χ2v) is 10.3. The lowest BCUT2D eigenvalue weighted by atomic mass is 9.99. The SMILES string of the molecule is CC.CCOCc1ccccc1F.CN1CC2N(C(=O)CN(C)N2C=O)[C@@H](Cc2ccccc2)C1=O.CNCc1ccccc1. The molecule has 5 rings (SSSR count). The van der Waals surface area contributed by atoms with Crippen molar-refractivity contribution in [1.29, 1.82) is 0 Å². The lowest BCUT2D eigenvalue weighted by molar-refractivity contribution is -0.195. The molecule has 10 heteroatoms. The number of amides is 3. The fourth-order valence-electron chi connectivity index (χ4n) is 4.94. The van der Waals surface area contributed by atoms with Crippen molar-refractivity contribution in [3.05, 3.63) is 107 Å². The summed E-state index contributed by atoms with van der Waals surface area (Å²) in [7, 11) is 5.36. The summed E-state index contributed by atoms with van der Waals surface area (Å²) >= 11 is 0. The first-order valence-electron chi connectivity index (χ1n) is 15.3. The third-order valence-corrected chi connectivity index (χ3v) is 7.13. The van der Waals surface area contributed by atoms with Crippen LogP contribution >= 0.6 is 0 Å². The molecule has 0 saturated carbocycles. The van der Waals surface area contributed by atoms with Gasteiger partial charge < -0.3 is 19.9 Å². The minimum atomic E-state index is -0.579. The van der Waals surface area contributed by atoms with Gasteiger partial charge in [0.25, 0.3) is 0 Å². The van der Waals surface area contributed by atoms with Crippen LogP contribution in [0, 0.1) is 5.82 Å². The van der Waals surface area contributed by atoms with Gasteiger partial charge in [0.05, 0.1) is 19.7 Å². The van der Waals surface area contributed by atoms with E-state index in [9.17, 15) is 18.8 Å². The number of nitrogens with zero attached hydrogens (tertiary/aromatic N) is 4. The van der Waals surface area contributed by atoms with E-state index in [1.54, 1.807) is 47.1 Å². The maximum Gasteiger partial charge on any atom is 0.245 e. The molecular weight excluding hydrogens is 573 g/mol. The number of fused-ring (bicyclic) bond motifs is 1. The number of likely N-dealkylation sites (N-methyl/N-ethyl adjacent to an activating group) is 2. The molecule has 3 aromatic rings. The number of benzene rings is 3. The fourth-order valence-corrected chi connectivity index (χ4v) is 4.94. The number of rotatable bonds is 8. The number of carbonyl (C=O) groups excluding carboxylic acids is 3. The number of nitrogens with one attached hydrogen (secondary N) is 1. The van der Waals surface area contributed by atoms with Crippen LogP contribution in [0.3, 0.4) is 0 Å². The number of carbonyl (C=O) groups is 3. The lowest BCUT2D eigenvalue weighted by Crippen LogP contribution is -2.74. The summed E-state index contributed by atoms with van der Waals surface area (Å²) < 4.78 is 17.9. The minimum Gasteiger partial charge on any atom is -0.377 e. The molecule has 1 N–H and O–H groups in total. The van der Waals surface area contributed by atoms with Crippen LogP contribution in [0.4, 0.5) is 4.39 Å². The maximum atomic E-state index is 12.8. The third kappa shape index (κ3) is 11.1. The molecular formula is C35H48FN5O4. The largest absolute Gasteiger partial charge is 0.377 e. The van der Waals surface area contributed by atoms with E-state index in [2.05, 4.69) is 17.4 Å². The molecule has 0 spiro atoms. The van der Waals surface area contributed by atoms with Gasteiger partial charge >= 0.3 is 0 Å². The molecule has 0 radical (unpaired) electrons. The van der Waals surface area contributed by atoms with Crippen LogP contribution in [-0.2, 0) is 38.7 Å². The van der Waals surface area contributed by atoms with E-state index >= 15 is 0 Å². The molecule has 3 amide bonds. The molecule has 2 atom stereocenters. The summed E-state index contributed by atoms with van der Waals surface area (Å²) in [6.07, 6.45) is 0.714. The number of piperazine rings is 1. The highest BCUT2D eigenvalue weighted by molar-refractivity contribution is 5.90. The van der Waals surface area contributed by atoms with Crippen molar-refractivity contribution < 1.29 is 23.5 Å². The standard InChI is InChI=1S/C16H20N4O3.C9H11FO.C8H11N.C2H6/c1-17-9-14-19(11-21)18(2)10-15(22)20(14)13(16(17)23)8-12-6-4-3-5-7-12;1-2-11-7-8-5-3-4-6-9(8)10;1-9-7-8-5-3-2-4-6-8;1-2/h3-7,11,13-14H,8-10H2,1-2H3;3-6H,2,7H2,1H3;2-6,9H,7H2,1H3;1-2H3/t13-,14?;;;/m0.../s1. The molecule has 0 bridgehead atoms. The Balaban J connectivity index is 0.000000266. The lowest BCUT2D eigenvalue weighted by Gasteiger charge is -2.53. The number of ether oxygens (including phenoxy) is 1. The van der Waals surface area contributed by atoms with Crippen LogP contribution in [0.5, 0.6) is 0 Å². The molecule has 2 aliphatic heterocycles. The predicted octanol–water partition coefficient (Wildman–Crippen LogP) is 4.34. The Morgan fingerprint density at radius 2 is 1.49 bits per heavy atom. The van der Waals surface area contributed by atoms with E-state index in [1.165, 1.54) is 16.6 Å². The Morgan fingerprint density at radius 3 is 2.04 bits per heavy atom. The number of hydrazine groups is 1. The van der Waals surface area contributed by atoms with E-state index in [4.69, 9.17) is 4.74 Å². The Labute approximate surface area is 267 Å². The molecule has 1 unspecified atom stereocenters. The molecule has 9 nitrogen and oxygen atoms in total. The van der Waals surface area contributed by atoms with Crippen LogP contribution in [0.25, 0.3) is 0 Å². The van der Waals surface area contributed by atoms with Crippen molar-refractivity contribution in [3.8, 4) is 0 Å². The van der Waals surface area contributed by atoms with Crippen LogP contribution < -0.4 is 5.32 Å². The normalized spacial score (nSPS) is 17.5. The van der Waals surface area contributed by atoms with Crippen LogP contribution in [-0.4, -0.2) is 91.1 Å². The predicted molar refractivity (Wildman–Crippen MR) is 175 cm³/mol. The first kappa shape index (κ1) is 37.1. The van der Waals surface area contributed by atoms with Crippen LogP contribution in [0.15, 0.2) is 84.9 Å². The average Bonchev–Trinajstić information content (AvgIpc) is 3.06. The first-order chi connectivity index (χ1) is 21.8. The summed E-state index contributed by atoms with van der Waals surface area (Å²) in [5.41, 5.74) is 2.94. The minimum absolute atomic E-state index is 0.0890. The van der Waals surface area contributed by atoms with Gasteiger partial charge in [0.2, 0.25) is 18.2 Å². The van der Waals surface area contributed by atoms with E-state index in [1.807, 2.05) is 76.3 Å². The number of hydrogen-bond acceptors (Lipinski definition) is 6. The molecule has 0 aliphatic carbocycles. The van der Waals surface area contributed by atoms with Gasteiger partial charge in [-0.25, -0.2) is 9.40 Å². The molecule has 0 aromatic heterocycles. The van der Waals surface area contributed by atoms with Crippen molar-refractivity contribution in [2.75, 3.05) is 40.8 Å². The highest BCUT2D eigenvalue weighted by Crippen LogP contribution is 2.25. The van der Waals surface area contributed by atoms with Crippen molar-refractivity contribution in [2.24, 2.45) is 0 Å². The Hall–Kier alpha value is -4.12. The van der Waals surface area contributed by atoms with E-state index in [-0.39, 0.29) is 24.2 Å². The van der Waals surface area contributed by atoms with Crippen molar-refractivity contribution in [1.82, 2.24) is 25.1 Å². The van der Waals surface area contributed by atoms with Gasteiger partial charge in [-0.15, -0.1) is 0 Å². The number of hydrogen-bond donors (Lipinski definition) is 1. The quantitative estimate of drug-likeness (QED) is 0.377. The van der Waals surface area contributed by atoms with Crippen molar-refractivity contribution in [3.63, 3.8) is 0 Å². The summed E-state index contributed by atoms with van der Waals surface area (Å²) in [6, 6.07) is 26.0. The highest BCUT2D eigenvalue weighted by Gasteiger charge is 2.48. The zero-order valence-corrected chi connectivity index (χ0v) is 27.4. The summed E-state index contributed by atoms with van der Waals surface area (Å²) in [5, 5.41) is 6.17. The van der Waals surface area contributed by atoms with Gasteiger partial charge in [0.15, 0.2) is 0 Å². The van der Waals surface area contributed by atoms with Gasteiger partial charge in [-0.1, -0.05) is 92.7 Å².